The number of carbonyl (C=O) groups is 3. The van der Waals surface area contributed by atoms with Gasteiger partial charge in [-0.05, 0) is 51.4 Å². The van der Waals surface area contributed by atoms with Crippen molar-refractivity contribution in [2.24, 2.45) is 0 Å². The van der Waals surface area contributed by atoms with Gasteiger partial charge in [0.05, 0.1) is 36.9 Å². The maximum atomic E-state index is 13.3. The van der Waals surface area contributed by atoms with Crippen LogP contribution < -0.4 is 10.6 Å². The van der Waals surface area contributed by atoms with E-state index in [1.54, 1.807) is 33.9 Å². The molecule has 9 heteroatoms. The van der Waals surface area contributed by atoms with Crippen molar-refractivity contribution >= 4 is 36.4 Å². The van der Waals surface area contributed by atoms with E-state index in [4.69, 9.17) is 14.2 Å². The summed E-state index contributed by atoms with van der Waals surface area (Å²) in [5.41, 5.74) is 3.22. The Balaban J connectivity index is 0.00000800. The molecule has 2 N–H and O–H groups in total. The quantitative estimate of drug-likeness (QED) is 0.114. The molecular formula is C31H45ClN2O6. The molecule has 40 heavy (non-hydrogen) atoms. The number of ether oxygens (including phenoxy) is 3. The first-order chi connectivity index (χ1) is 18.9. The van der Waals surface area contributed by atoms with E-state index in [1.165, 1.54) is 25.3 Å². The second-order valence-electron chi connectivity index (χ2n) is 9.36. The molecule has 0 saturated carbocycles. The van der Waals surface area contributed by atoms with Crippen LogP contribution in [0.2, 0.25) is 0 Å². The van der Waals surface area contributed by atoms with Crippen molar-refractivity contribution in [3.05, 3.63) is 64.0 Å². The molecular weight excluding hydrogens is 532 g/mol. The Hall–Kier alpha value is -3.10. The molecule has 1 aliphatic rings. The molecule has 0 aromatic heterocycles. The van der Waals surface area contributed by atoms with Crippen molar-refractivity contribution in [1.82, 2.24) is 10.6 Å². The number of hydrogen-bond acceptors (Lipinski definition) is 8. The number of esters is 3. The summed E-state index contributed by atoms with van der Waals surface area (Å²) in [5.74, 6) is -2.23. The highest BCUT2D eigenvalue weighted by atomic mass is 35.5. The molecule has 1 atom stereocenters. The third-order valence-electron chi connectivity index (χ3n) is 6.44. The summed E-state index contributed by atoms with van der Waals surface area (Å²) in [6, 6.07) is 7.37. The zero-order valence-electron chi connectivity index (χ0n) is 24.5. The lowest BCUT2D eigenvalue weighted by molar-refractivity contribution is -0.140. The standard InChI is InChI=1S/C31H44N2O6.ClH/c1-6-9-10-11-12-15-20-39-26(34)19-18-23-16-13-14-17-24(23)28-27(30(35)37-7-2)22(4)33-25(21-32-5)29(28)31(36)38-8-3;/h13-14,16-19,28,32-33H,6-12,15,20-21H2,1-5H3;1H/b19-18+;. The Bertz CT molecular complexity index is 1080. The summed E-state index contributed by atoms with van der Waals surface area (Å²) in [6.45, 7) is 8.56. The Morgan fingerprint density at radius 1 is 0.900 bits per heavy atom. The lowest BCUT2D eigenvalue weighted by Crippen LogP contribution is -2.36. The lowest BCUT2D eigenvalue weighted by Gasteiger charge is -2.32. The molecule has 2 rings (SSSR count). The predicted molar refractivity (Wildman–Crippen MR) is 160 cm³/mol. The molecule has 1 aromatic rings. The van der Waals surface area contributed by atoms with Crippen LogP contribution in [0.5, 0.6) is 0 Å². The van der Waals surface area contributed by atoms with Gasteiger partial charge in [0.25, 0.3) is 0 Å². The molecule has 1 aliphatic heterocycles. The second kappa shape index (κ2) is 19.1. The molecule has 0 radical (unpaired) electrons. The third-order valence-corrected chi connectivity index (χ3v) is 6.44. The first kappa shape index (κ1) is 34.9. The number of nitrogens with one attached hydrogen (secondary N) is 2. The lowest BCUT2D eigenvalue weighted by atomic mass is 9.78. The number of allylic oxidation sites excluding steroid dienone is 1. The number of likely N-dealkylation sites (N-methyl/N-ethyl adjacent to an activating group) is 1. The maximum Gasteiger partial charge on any atom is 0.336 e. The van der Waals surface area contributed by atoms with Gasteiger partial charge in [-0.25, -0.2) is 14.4 Å². The number of benzene rings is 1. The predicted octanol–water partition coefficient (Wildman–Crippen LogP) is 5.59. The molecule has 222 valence electrons. The van der Waals surface area contributed by atoms with Gasteiger partial charge < -0.3 is 24.8 Å². The first-order valence-electron chi connectivity index (χ1n) is 14.0. The zero-order chi connectivity index (χ0) is 28.6. The summed E-state index contributed by atoms with van der Waals surface area (Å²) < 4.78 is 16.2. The van der Waals surface area contributed by atoms with E-state index < -0.39 is 23.8 Å². The summed E-state index contributed by atoms with van der Waals surface area (Å²) in [7, 11) is 1.78. The fraction of sp³-hybridized carbons (Fsp3) is 0.516. The summed E-state index contributed by atoms with van der Waals surface area (Å²) in [6.07, 6.45) is 9.71. The minimum Gasteiger partial charge on any atom is -0.463 e. The molecule has 0 aliphatic carbocycles. The van der Waals surface area contributed by atoms with E-state index in [-0.39, 0.29) is 25.6 Å². The SMILES string of the molecule is CCCCCCCCOC(=O)/C=C/c1ccccc1C1C(C(=O)OCC)=C(C)NC(CNC)=C1C(=O)OCC.Cl. The average Bonchev–Trinajstić information content (AvgIpc) is 2.91. The van der Waals surface area contributed by atoms with Crippen LogP contribution in [0.15, 0.2) is 52.9 Å². The summed E-state index contributed by atoms with van der Waals surface area (Å²) >= 11 is 0. The topological polar surface area (TPSA) is 103 Å². The number of carbonyl (C=O) groups excluding carboxylic acids is 3. The highest BCUT2D eigenvalue weighted by Gasteiger charge is 2.39. The summed E-state index contributed by atoms with van der Waals surface area (Å²) in [4.78, 5) is 38.9. The number of halogens is 1. The van der Waals surface area contributed by atoms with Gasteiger partial charge in [0, 0.05) is 24.0 Å². The highest BCUT2D eigenvalue weighted by molar-refractivity contribution is 6.00. The minimum absolute atomic E-state index is 0. The van der Waals surface area contributed by atoms with E-state index in [0.29, 0.717) is 46.8 Å². The van der Waals surface area contributed by atoms with Crippen LogP contribution in [0.25, 0.3) is 6.08 Å². The molecule has 0 amide bonds. The van der Waals surface area contributed by atoms with Gasteiger partial charge in [0.1, 0.15) is 0 Å². The Kier molecular flexibility index (Phi) is 16.6. The van der Waals surface area contributed by atoms with Crippen molar-refractivity contribution in [2.45, 2.75) is 72.1 Å². The van der Waals surface area contributed by atoms with Gasteiger partial charge >= 0.3 is 17.9 Å². The van der Waals surface area contributed by atoms with Crippen LogP contribution >= 0.6 is 12.4 Å². The van der Waals surface area contributed by atoms with Crippen molar-refractivity contribution in [3.8, 4) is 0 Å². The molecule has 0 spiro atoms. The Labute approximate surface area is 245 Å². The molecule has 1 aromatic carbocycles. The van der Waals surface area contributed by atoms with E-state index in [9.17, 15) is 14.4 Å². The van der Waals surface area contributed by atoms with Crippen LogP contribution in [0, 0.1) is 0 Å². The largest absolute Gasteiger partial charge is 0.463 e. The number of rotatable bonds is 16. The van der Waals surface area contributed by atoms with Crippen molar-refractivity contribution in [3.63, 3.8) is 0 Å². The van der Waals surface area contributed by atoms with Gasteiger partial charge in [0.2, 0.25) is 0 Å². The second-order valence-corrected chi connectivity index (χ2v) is 9.36. The minimum atomic E-state index is -0.757. The smallest absolute Gasteiger partial charge is 0.336 e. The number of dihydropyridines is 1. The molecule has 0 bridgehead atoms. The van der Waals surface area contributed by atoms with E-state index in [0.717, 1.165) is 19.3 Å². The first-order valence-corrected chi connectivity index (χ1v) is 14.0. The van der Waals surface area contributed by atoms with Gasteiger partial charge in [-0.15, -0.1) is 12.4 Å². The van der Waals surface area contributed by atoms with E-state index >= 15 is 0 Å². The van der Waals surface area contributed by atoms with E-state index in [1.807, 2.05) is 24.3 Å². The molecule has 1 heterocycles. The van der Waals surface area contributed by atoms with Gasteiger partial charge in [0.15, 0.2) is 0 Å². The van der Waals surface area contributed by atoms with Crippen LogP contribution in [0.4, 0.5) is 0 Å². The highest BCUT2D eigenvalue weighted by Crippen LogP contribution is 2.41. The van der Waals surface area contributed by atoms with Gasteiger partial charge in [-0.2, -0.15) is 0 Å². The monoisotopic (exact) mass is 576 g/mol. The molecule has 8 nitrogen and oxygen atoms in total. The van der Waals surface area contributed by atoms with Crippen LogP contribution in [-0.2, 0) is 28.6 Å². The van der Waals surface area contributed by atoms with Crippen molar-refractivity contribution < 1.29 is 28.6 Å². The van der Waals surface area contributed by atoms with Crippen molar-refractivity contribution in [1.29, 1.82) is 0 Å². The van der Waals surface area contributed by atoms with Crippen LogP contribution in [-0.4, -0.2) is 51.3 Å². The Morgan fingerprint density at radius 3 is 2.17 bits per heavy atom. The normalized spacial score (nSPS) is 15.0. The van der Waals surface area contributed by atoms with E-state index in [2.05, 4.69) is 17.6 Å². The molecule has 0 saturated heterocycles. The fourth-order valence-corrected chi connectivity index (χ4v) is 4.64. The number of hydrogen-bond donors (Lipinski definition) is 2. The average molecular weight is 577 g/mol. The Morgan fingerprint density at radius 2 is 1.52 bits per heavy atom. The molecule has 1 unspecified atom stereocenters. The van der Waals surface area contributed by atoms with Crippen LogP contribution in [0.3, 0.4) is 0 Å². The van der Waals surface area contributed by atoms with Gasteiger partial charge in [-0.3, -0.25) is 0 Å². The maximum absolute atomic E-state index is 13.3. The summed E-state index contributed by atoms with van der Waals surface area (Å²) in [5, 5.41) is 6.29. The van der Waals surface area contributed by atoms with Crippen LogP contribution in [0.1, 0.15) is 83.3 Å². The van der Waals surface area contributed by atoms with Gasteiger partial charge in [-0.1, -0.05) is 63.3 Å². The fourth-order valence-electron chi connectivity index (χ4n) is 4.64. The third kappa shape index (κ3) is 10.1. The molecule has 0 fully saturated rings. The van der Waals surface area contributed by atoms with Crippen molar-refractivity contribution in [2.75, 3.05) is 33.4 Å². The zero-order valence-corrected chi connectivity index (χ0v) is 25.3. The number of unbranched alkanes of at least 4 members (excludes halogenated alkanes) is 5.